The van der Waals surface area contributed by atoms with E-state index in [2.05, 4.69) is 15.6 Å². The molecule has 28 heavy (non-hydrogen) atoms. The number of nitrogens with one attached hydrogen (secondary N) is 2. The average Bonchev–Trinajstić information content (AvgIpc) is 3.10. The van der Waals surface area contributed by atoms with Gasteiger partial charge in [0.05, 0.1) is 5.52 Å². The molecule has 0 aliphatic heterocycles. The van der Waals surface area contributed by atoms with Crippen molar-refractivity contribution in [2.45, 2.75) is 38.1 Å². The second kappa shape index (κ2) is 7.80. The molecule has 4 rings (SSSR count). The molecule has 0 bridgehead atoms. The van der Waals surface area contributed by atoms with Crippen molar-refractivity contribution in [1.29, 1.82) is 0 Å². The van der Waals surface area contributed by atoms with Crippen LogP contribution in [0.3, 0.4) is 0 Å². The van der Waals surface area contributed by atoms with Crippen molar-refractivity contribution in [3.8, 4) is 0 Å². The van der Waals surface area contributed by atoms with Crippen LogP contribution in [0.25, 0.3) is 5.52 Å². The summed E-state index contributed by atoms with van der Waals surface area (Å²) in [6.45, 7) is 0. The van der Waals surface area contributed by atoms with Gasteiger partial charge < -0.3 is 10.6 Å². The molecule has 144 valence electrons. The first-order chi connectivity index (χ1) is 13.6. The van der Waals surface area contributed by atoms with Crippen LogP contribution < -0.4 is 10.6 Å². The number of imidazole rings is 1. The predicted molar refractivity (Wildman–Crippen MR) is 104 cm³/mol. The lowest BCUT2D eigenvalue weighted by Gasteiger charge is -2.22. The van der Waals surface area contributed by atoms with E-state index in [0.29, 0.717) is 11.2 Å². The minimum absolute atomic E-state index is 0.147. The lowest BCUT2D eigenvalue weighted by atomic mass is 9.95. The van der Waals surface area contributed by atoms with Crippen LogP contribution in [0.5, 0.6) is 0 Å². The first-order valence-corrected chi connectivity index (χ1v) is 9.47. The third kappa shape index (κ3) is 3.74. The number of benzene rings is 1. The second-order valence-electron chi connectivity index (χ2n) is 7.01. The van der Waals surface area contributed by atoms with Crippen molar-refractivity contribution in [2.75, 3.05) is 5.32 Å². The maximum absolute atomic E-state index is 13.1. The van der Waals surface area contributed by atoms with Crippen LogP contribution in [-0.4, -0.2) is 27.2 Å². The van der Waals surface area contributed by atoms with Gasteiger partial charge in [0.2, 0.25) is 5.82 Å². The first-order valence-electron chi connectivity index (χ1n) is 9.47. The molecule has 1 aromatic carbocycles. The summed E-state index contributed by atoms with van der Waals surface area (Å²) in [7, 11) is 0. The number of rotatable bonds is 4. The number of fused-ring (bicyclic) bond motifs is 1. The predicted octanol–water partition coefficient (Wildman–Crippen LogP) is 3.79. The number of hydrogen-bond acceptors (Lipinski definition) is 3. The molecule has 7 heteroatoms. The van der Waals surface area contributed by atoms with Gasteiger partial charge in [0.15, 0.2) is 5.69 Å². The Balaban J connectivity index is 1.61. The van der Waals surface area contributed by atoms with Gasteiger partial charge in [0, 0.05) is 17.9 Å². The molecule has 2 amide bonds. The van der Waals surface area contributed by atoms with Crippen LogP contribution in [0.2, 0.25) is 0 Å². The lowest BCUT2D eigenvalue weighted by Crippen LogP contribution is -2.37. The third-order valence-electron chi connectivity index (χ3n) is 5.01. The number of carbonyl (C=O) groups is 2. The smallest absolute Gasteiger partial charge is 0.287 e. The Hall–Kier alpha value is -3.22. The maximum atomic E-state index is 13.1. The van der Waals surface area contributed by atoms with Crippen molar-refractivity contribution in [3.05, 3.63) is 66.0 Å². The minimum Gasteiger partial charge on any atom is -0.347 e. The van der Waals surface area contributed by atoms with E-state index >= 15 is 0 Å². The van der Waals surface area contributed by atoms with Gasteiger partial charge in [-0.3, -0.25) is 14.0 Å². The van der Waals surface area contributed by atoms with Crippen molar-refractivity contribution in [2.24, 2.45) is 0 Å². The van der Waals surface area contributed by atoms with Crippen LogP contribution in [0.4, 0.5) is 10.1 Å². The van der Waals surface area contributed by atoms with E-state index in [9.17, 15) is 14.0 Å². The third-order valence-corrected chi connectivity index (χ3v) is 5.01. The summed E-state index contributed by atoms with van der Waals surface area (Å²) in [5, 5.41) is 5.74. The summed E-state index contributed by atoms with van der Waals surface area (Å²) < 4.78 is 14.7. The summed E-state index contributed by atoms with van der Waals surface area (Å²) in [5.74, 6) is -0.932. The van der Waals surface area contributed by atoms with Crippen molar-refractivity contribution >= 4 is 23.0 Å². The fourth-order valence-electron chi connectivity index (χ4n) is 3.59. The SMILES string of the molecule is O=C(Nc1ccc(F)cc1)c1nc(C(=O)NC2CCCCC2)n2ccccc12. The molecular formula is C21H21FN4O2. The minimum atomic E-state index is -0.452. The van der Waals surface area contributed by atoms with Gasteiger partial charge in [-0.05, 0) is 49.2 Å². The number of pyridine rings is 1. The van der Waals surface area contributed by atoms with Gasteiger partial charge in [0.1, 0.15) is 5.82 Å². The number of anilines is 1. The van der Waals surface area contributed by atoms with Gasteiger partial charge in [-0.2, -0.15) is 0 Å². The van der Waals surface area contributed by atoms with Crippen LogP contribution in [0.1, 0.15) is 53.2 Å². The highest BCUT2D eigenvalue weighted by Gasteiger charge is 2.24. The van der Waals surface area contributed by atoms with Crippen molar-refractivity contribution in [3.63, 3.8) is 0 Å². The van der Waals surface area contributed by atoms with Crippen molar-refractivity contribution < 1.29 is 14.0 Å². The first kappa shape index (κ1) is 18.2. The Morgan fingerprint density at radius 1 is 1.00 bits per heavy atom. The van der Waals surface area contributed by atoms with E-state index in [-0.39, 0.29) is 29.3 Å². The second-order valence-corrected chi connectivity index (χ2v) is 7.01. The number of aromatic nitrogens is 2. The van der Waals surface area contributed by atoms with E-state index in [0.717, 1.165) is 25.7 Å². The Labute approximate surface area is 161 Å². The molecule has 2 aromatic heterocycles. The lowest BCUT2D eigenvalue weighted by molar-refractivity contribution is 0.0916. The molecule has 0 saturated heterocycles. The number of nitrogens with zero attached hydrogens (tertiary/aromatic N) is 2. The van der Waals surface area contributed by atoms with Crippen LogP contribution in [-0.2, 0) is 0 Å². The number of amides is 2. The Morgan fingerprint density at radius 3 is 2.50 bits per heavy atom. The number of hydrogen-bond donors (Lipinski definition) is 2. The molecule has 1 aliphatic rings. The Bertz CT molecular complexity index is 1010. The summed E-state index contributed by atoms with van der Waals surface area (Å²) in [6.07, 6.45) is 7.07. The van der Waals surface area contributed by atoms with E-state index < -0.39 is 5.91 Å². The topological polar surface area (TPSA) is 75.5 Å². The maximum Gasteiger partial charge on any atom is 0.287 e. The zero-order valence-corrected chi connectivity index (χ0v) is 15.3. The molecule has 6 nitrogen and oxygen atoms in total. The highest BCUT2D eigenvalue weighted by molar-refractivity contribution is 6.08. The zero-order valence-electron chi connectivity index (χ0n) is 15.3. The molecular weight excluding hydrogens is 359 g/mol. The summed E-state index contributed by atoms with van der Waals surface area (Å²) in [6, 6.07) is 10.9. The highest BCUT2D eigenvalue weighted by atomic mass is 19.1. The quantitative estimate of drug-likeness (QED) is 0.723. The number of halogens is 1. The zero-order chi connectivity index (χ0) is 19.5. The Kier molecular flexibility index (Phi) is 5.06. The van der Waals surface area contributed by atoms with Crippen LogP contribution >= 0.6 is 0 Å². The van der Waals surface area contributed by atoms with Gasteiger partial charge in [-0.25, -0.2) is 9.37 Å². The van der Waals surface area contributed by atoms with Crippen LogP contribution in [0, 0.1) is 5.82 Å². The molecule has 1 aliphatic carbocycles. The van der Waals surface area contributed by atoms with E-state index in [1.54, 1.807) is 28.8 Å². The normalized spacial score (nSPS) is 14.8. The average molecular weight is 380 g/mol. The monoisotopic (exact) mass is 380 g/mol. The summed E-state index contributed by atoms with van der Waals surface area (Å²) >= 11 is 0. The molecule has 2 heterocycles. The summed E-state index contributed by atoms with van der Waals surface area (Å²) in [4.78, 5) is 29.9. The molecule has 1 saturated carbocycles. The standard InChI is InChI=1S/C21H21FN4O2/c22-14-9-11-16(12-10-14)23-20(27)18-17-8-4-5-13-26(17)19(25-18)21(28)24-15-6-2-1-3-7-15/h4-5,8-13,15H,1-3,6-7H2,(H,23,27)(H,24,28). The largest absolute Gasteiger partial charge is 0.347 e. The number of carbonyl (C=O) groups excluding carboxylic acids is 2. The highest BCUT2D eigenvalue weighted by Crippen LogP contribution is 2.19. The molecule has 2 N–H and O–H groups in total. The molecule has 0 spiro atoms. The summed E-state index contributed by atoms with van der Waals surface area (Å²) in [5.41, 5.74) is 1.14. The van der Waals surface area contributed by atoms with E-state index in [1.807, 2.05) is 0 Å². The molecule has 1 fully saturated rings. The van der Waals surface area contributed by atoms with Gasteiger partial charge >= 0.3 is 0 Å². The Morgan fingerprint density at radius 2 is 1.75 bits per heavy atom. The fourth-order valence-corrected chi connectivity index (χ4v) is 3.59. The van der Waals surface area contributed by atoms with Gasteiger partial charge in [-0.1, -0.05) is 25.3 Å². The molecule has 0 unspecified atom stereocenters. The van der Waals surface area contributed by atoms with Gasteiger partial charge in [-0.15, -0.1) is 0 Å². The van der Waals surface area contributed by atoms with Gasteiger partial charge in [0.25, 0.3) is 11.8 Å². The fraction of sp³-hybridized carbons (Fsp3) is 0.286. The molecule has 0 atom stereocenters. The van der Waals surface area contributed by atoms with Crippen LogP contribution in [0.15, 0.2) is 48.7 Å². The van der Waals surface area contributed by atoms with Crippen molar-refractivity contribution in [1.82, 2.24) is 14.7 Å². The van der Waals surface area contributed by atoms with E-state index in [1.165, 1.54) is 30.7 Å². The molecule has 0 radical (unpaired) electrons. The van der Waals surface area contributed by atoms with E-state index in [4.69, 9.17) is 0 Å². The molecule has 3 aromatic rings.